The molecule has 0 saturated heterocycles. The highest BCUT2D eigenvalue weighted by atomic mass is 32.2. The molecule has 0 atom stereocenters. The lowest BCUT2D eigenvalue weighted by Gasteiger charge is -2.22. The molecule has 0 saturated carbocycles. The molecule has 0 fully saturated rings. The van der Waals surface area contributed by atoms with E-state index >= 15 is 0 Å². The van der Waals surface area contributed by atoms with Gasteiger partial charge in [0.25, 0.3) is 5.91 Å². The van der Waals surface area contributed by atoms with Crippen LogP contribution in [-0.4, -0.2) is 28.4 Å². The fourth-order valence-corrected chi connectivity index (χ4v) is 4.10. The van der Waals surface area contributed by atoms with Crippen molar-refractivity contribution in [3.05, 3.63) is 114 Å². The summed E-state index contributed by atoms with van der Waals surface area (Å²) in [6.45, 7) is 0.246. The lowest BCUT2D eigenvalue weighted by molar-refractivity contribution is 0.0984. The Bertz CT molecular complexity index is 1210. The summed E-state index contributed by atoms with van der Waals surface area (Å²) in [6.07, 6.45) is 3.21. The molecule has 2 aromatic heterocycles. The largest absolute Gasteiger partial charge is 0.450 e. The summed E-state index contributed by atoms with van der Waals surface area (Å²) < 4.78 is 13.4. The van der Waals surface area contributed by atoms with Crippen LogP contribution in [-0.2, 0) is 12.3 Å². The number of benzene rings is 2. The van der Waals surface area contributed by atoms with Crippen molar-refractivity contribution in [3.63, 3.8) is 0 Å². The lowest BCUT2D eigenvalue weighted by Crippen LogP contribution is -2.30. The number of pyridine rings is 2. The molecule has 1 radical (unpaired) electrons. The molecule has 4 aromatic rings. The van der Waals surface area contributed by atoms with Gasteiger partial charge in [-0.15, -0.1) is 11.8 Å². The van der Waals surface area contributed by atoms with E-state index in [1.54, 1.807) is 41.6 Å². The van der Waals surface area contributed by atoms with E-state index in [-0.39, 0.29) is 18.3 Å². The first-order valence-electron chi connectivity index (χ1n) is 10.3. The van der Waals surface area contributed by atoms with Gasteiger partial charge in [-0.3, -0.25) is 9.78 Å². The van der Waals surface area contributed by atoms with Crippen LogP contribution in [0, 0.1) is 5.82 Å². The van der Waals surface area contributed by atoms with Crippen LogP contribution in [0.3, 0.4) is 0 Å². The second-order valence-corrected chi connectivity index (χ2v) is 8.19. The quantitative estimate of drug-likeness (QED) is 0.321. The van der Waals surface area contributed by atoms with Crippen molar-refractivity contribution >= 4 is 36.3 Å². The monoisotopic (exact) mass is 456 g/mol. The Kier molecular flexibility index (Phi) is 7.49. The number of hydrogen-bond donors (Lipinski definition) is 1. The standard InChI is InChI=1S/C25H20BFN3O2S/c27-20-9-11-22(12-10-20)30(16-21-6-3-4-14-28-21)25(31)18-8-13-24(29-15-18)33-17-19-5-1-2-7-23(19)26-32/h1-15,32H,16-17H2. The Hall–Kier alpha value is -3.49. The zero-order chi connectivity index (χ0) is 23.0. The summed E-state index contributed by atoms with van der Waals surface area (Å²) in [5, 5.41) is 10.1. The molecule has 163 valence electrons. The molecule has 1 N–H and O–H groups in total. The molecule has 2 heterocycles. The van der Waals surface area contributed by atoms with Crippen molar-refractivity contribution in [2.24, 2.45) is 0 Å². The fraction of sp³-hybridized carbons (Fsp3) is 0.0800. The van der Waals surface area contributed by atoms with Gasteiger partial charge in [-0.1, -0.05) is 30.3 Å². The number of nitrogens with zero attached hydrogens (tertiary/aromatic N) is 3. The smallest absolute Gasteiger partial charge is 0.327 e. The molecule has 33 heavy (non-hydrogen) atoms. The van der Waals surface area contributed by atoms with Crippen molar-refractivity contribution in [2.75, 3.05) is 4.90 Å². The zero-order valence-corrected chi connectivity index (χ0v) is 18.5. The summed E-state index contributed by atoms with van der Waals surface area (Å²) in [6, 6.07) is 22.4. The zero-order valence-electron chi connectivity index (χ0n) is 17.6. The molecular weight excluding hydrogens is 436 g/mol. The van der Waals surface area contributed by atoms with E-state index in [1.807, 2.05) is 42.5 Å². The first kappa shape index (κ1) is 22.7. The maximum atomic E-state index is 13.4. The van der Waals surface area contributed by atoms with Crippen molar-refractivity contribution in [2.45, 2.75) is 17.3 Å². The van der Waals surface area contributed by atoms with Gasteiger partial charge in [-0.25, -0.2) is 9.37 Å². The number of rotatable bonds is 8. The predicted molar refractivity (Wildman–Crippen MR) is 129 cm³/mol. The maximum absolute atomic E-state index is 13.4. The third-order valence-corrected chi connectivity index (χ3v) is 5.98. The molecular formula is C25H20BFN3O2S. The number of hydrogen-bond acceptors (Lipinski definition) is 5. The first-order chi connectivity index (χ1) is 16.1. The highest BCUT2D eigenvalue weighted by molar-refractivity contribution is 7.98. The van der Waals surface area contributed by atoms with Gasteiger partial charge in [-0.05, 0) is 59.6 Å². The molecule has 1 amide bonds. The maximum Gasteiger partial charge on any atom is 0.327 e. The van der Waals surface area contributed by atoms with Gasteiger partial charge < -0.3 is 9.92 Å². The number of thioether (sulfide) groups is 1. The topological polar surface area (TPSA) is 66.3 Å². The number of carbonyl (C=O) groups is 1. The average Bonchev–Trinajstić information content (AvgIpc) is 2.87. The second-order valence-electron chi connectivity index (χ2n) is 7.19. The van der Waals surface area contributed by atoms with Gasteiger partial charge in [0.2, 0.25) is 0 Å². The summed E-state index contributed by atoms with van der Waals surface area (Å²) in [4.78, 5) is 23.6. The molecule has 0 unspecified atom stereocenters. The third-order valence-electron chi connectivity index (χ3n) is 4.98. The van der Waals surface area contributed by atoms with Crippen molar-refractivity contribution in [3.8, 4) is 0 Å². The molecule has 0 aliphatic carbocycles. The summed E-state index contributed by atoms with van der Waals surface area (Å²) >= 11 is 1.51. The minimum atomic E-state index is -0.368. The minimum Gasteiger partial charge on any atom is -0.450 e. The first-order valence-corrected chi connectivity index (χ1v) is 11.2. The lowest BCUT2D eigenvalue weighted by atomic mass is 9.85. The van der Waals surface area contributed by atoms with Crippen molar-refractivity contribution < 1.29 is 14.2 Å². The molecule has 0 spiro atoms. The van der Waals surface area contributed by atoms with E-state index < -0.39 is 0 Å². The molecule has 8 heteroatoms. The van der Waals surface area contributed by atoms with Crippen LogP contribution in [0.15, 0.2) is 96.3 Å². The Balaban J connectivity index is 1.51. The van der Waals surface area contributed by atoms with Gasteiger partial charge in [-0.2, -0.15) is 0 Å². The Morgan fingerprint density at radius 1 is 0.970 bits per heavy atom. The Morgan fingerprint density at radius 3 is 2.45 bits per heavy atom. The van der Waals surface area contributed by atoms with E-state index in [0.29, 0.717) is 17.0 Å². The van der Waals surface area contributed by atoms with Gasteiger partial charge in [0.1, 0.15) is 5.82 Å². The van der Waals surface area contributed by atoms with Gasteiger partial charge in [0.05, 0.1) is 22.8 Å². The van der Waals surface area contributed by atoms with Gasteiger partial charge in [0.15, 0.2) is 0 Å². The molecule has 5 nitrogen and oxygen atoms in total. The molecule has 0 aliphatic heterocycles. The van der Waals surface area contributed by atoms with E-state index in [2.05, 4.69) is 9.97 Å². The van der Waals surface area contributed by atoms with Crippen LogP contribution < -0.4 is 10.4 Å². The molecule has 0 aliphatic rings. The molecule has 4 rings (SSSR count). The summed E-state index contributed by atoms with van der Waals surface area (Å²) in [5.74, 6) is 0.0125. The SMILES string of the molecule is O=C(c1ccc(SCc2ccccc2[B]O)nc1)N(Cc1ccccn1)c1ccc(F)cc1. The van der Waals surface area contributed by atoms with Crippen molar-refractivity contribution in [1.29, 1.82) is 0 Å². The minimum absolute atomic E-state index is 0.246. The second kappa shape index (κ2) is 10.9. The Labute approximate surface area is 196 Å². The summed E-state index contributed by atoms with van der Waals surface area (Å²) in [7, 11) is 1.09. The van der Waals surface area contributed by atoms with Crippen LogP contribution in [0.4, 0.5) is 10.1 Å². The summed E-state index contributed by atoms with van der Waals surface area (Å²) in [5.41, 5.74) is 3.46. The highest BCUT2D eigenvalue weighted by Gasteiger charge is 2.19. The van der Waals surface area contributed by atoms with E-state index in [4.69, 9.17) is 0 Å². The molecule has 0 bridgehead atoms. The predicted octanol–water partition coefficient (Wildman–Crippen LogP) is 3.99. The Morgan fingerprint density at radius 2 is 1.76 bits per heavy atom. The fourth-order valence-electron chi connectivity index (χ4n) is 3.25. The van der Waals surface area contributed by atoms with E-state index in [1.165, 1.54) is 23.9 Å². The van der Waals surface area contributed by atoms with Gasteiger partial charge in [0, 0.05) is 23.8 Å². The van der Waals surface area contributed by atoms with Crippen LogP contribution in [0.1, 0.15) is 21.6 Å². The normalized spacial score (nSPS) is 10.6. The van der Waals surface area contributed by atoms with Gasteiger partial charge >= 0.3 is 7.48 Å². The van der Waals surface area contributed by atoms with Crippen LogP contribution >= 0.6 is 11.8 Å². The number of carbonyl (C=O) groups excluding carboxylic acids is 1. The highest BCUT2D eigenvalue weighted by Crippen LogP contribution is 2.23. The number of aromatic nitrogens is 2. The van der Waals surface area contributed by atoms with Crippen LogP contribution in [0.2, 0.25) is 0 Å². The van der Waals surface area contributed by atoms with Crippen LogP contribution in [0.5, 0.6) is 0 Å². The number of amides is 1. The van der Waals surface area contributed by atoms with Crippen LogP contribution in [0.25, 0.3) is 0 Å². The van der Waals surface area contributed by atoms with Crippen molar-refractivity contribution in [1.82, 2.24) is 9.97 Å². The third kappa shape index (κ3) is 5.85. The van der Waals surface area contributed by atoms with E-state index in [0.717, 1.165) is 29.2 Å². The van der Waals surface area contributed by atoms with E-state index in [9.17, 15) is 14.2 Å². The molecule has 2 aromatic carbocycles. The average molecular weight is 456 g/mol. The number of anilines is 1. The number of halogens is 1.